The van der Waals surface area contributed by atoms with Gasteiger partial charge in [-0.05, 0) is 23.7 Å². The zero-order valence-corrected chi connectivity index (χ0v) is 9.07. The van der Waals surface area contributed by atoms with Gasteiger partial charge in [0.05, 0.1) is 16.7 Å². The first-order chi connectivity index (χ1) is 7.77. The molecule has 0 bridgehead atoms. The van der Waals surface area contributed by atoms with Crippen LogP contribution in [-0.4, -0.2) is 6.54 Å². The summed E-state index contributed by atoms with van der Waals surface area (Å²) in [7, 11) is 0. The van der Waals surface area contributed by atoms with Gasteiger partial charge in [0.25, 0.3) is 0 Å². The van der Waals surface area contributed by atoms with Crippen LogP contribution in [0.15, 0.2) is 23.3 Å². The number of hydrogen-bond acceptors (Lipinski definition) is 2. The standard InChI is InChI=1S/C11H7ClN4/c12-11-5-4-9(8-13)7-10(11)3-1-2-6-15-16-14/h4-5,7H,2,6H2. The zero-order valence-electron chi connectivity index (χ0n) is 8.31. The third kappa shape index (κ3) is 3.55. The van der Waals surface area contributed by atoms with Gasteiger partial charge in [0.15, 0.2) is 0 Å². The van der Waals surface area contributed by atoms with Crippen molar-refractivity contribution < 1.29 is 0 Å². The maximum absolute atomic E-state index is 8.70. The molecule has 78 valence electrons. The first-order valence-electron chi connectivity index (χ1n) is 4.47. The van der Waals surface area contributed by atoms with Crippen LogP contribution in [0.25, 0.3) is 10.4 Å². The lowest BCUT2D eigenvalue weighted by Gasteiger charge is -1.95. The Morgan fingerprint density at radius 2 is 2.31 bits per heavy atom. The molecule has 0 N–H and O–H groups in total. The molecule has 0 aromatic heterocycles. The summed E-state index contributed by atoms with van der Waals surface area (Å²) in [6, 6.07) is 6.91. The molecule has 0 unspecified atom stereocenters. The Morgan fingerprint density at radius 3 is 3.00 bits per heavy atom. The fourth-order valence-electron chi connectivity index (χ4n) is 0.999. The second kappa shape index (κ2) is 6.37. The summed E-state index contributed by atoms with van der Waals surface area (Å²) in [6.45, 7) is 0.332. The van der Waals surface area contributed by atoms with Crippen LogP contribution in [0.1, 0.15) is 17.5 Å². The molecule has 0 amide bonds. The van der Waals surface area contributed by atoms with Crippen LogP contribution in [0.4, 0.5) is 0 Å². The van der Waals surface area contributed by atoms with Gasteiger partial charge in [-0.1, -0.05) is 28.6 Å². The number of nitriles is 1. The van der Waals surface area contributed by atoms with Gasteiger partial charge < -0.3 is 0 Å². The second-order valence-corrected chi connectivity index (χ2v) is 3.22. The highest BCUT2D eigenvalue weighted by Gasteiger charge is 1.98. The first-order valence-corrected chi connectivity index (χ1v) is 4.85. The number of nitrogens with zero attached hydrogens (tertiary/aromatic N) is 4. The van der Waals surface area contributed by atoms with Crippen molar-refractivity contribution in [3.05, 3.63) is 44.8 Å². The summed E-state index contributed by atoms with van der Waals surface area (Å²) in [5.41, 5.74) is 9.18. The molecule has 0 atom stereocenters. The van der Waals surface area contributed by atoms with Gasteiger partial charge in [0.1, 0.15) is 0 Å². The highest BCUT2D eigenvalue weighted by Crippen LogP contribution is 2.16. The molecule has 0 spiro atoms. The van der Waals surface area contributed by atoms with Crippen molar-refractivity contribution in [2.75, 3.05) is 6.54 Å². The lowest BCUT2D eigenvalue weighted by atomic mass is 10.1. The van der Waals surface area contributed by atoms with E-state index < -0.39 is 0 Å². The van der Waals surface area contributed by atoms with Crippen molar-refractivity contribution in [2.24, 2.45) is 5.11 Å². The number of halogens is 1. The van der Waals surface area contributed by atoms with E-state index in [1.807, 2.05) is 6.07 Å². The Balaban J connectivity index is 2.80. The highest BCUT2D eigenvalue weighted by atomic mass is 35.5. The third-order valence-corrected chi connectivity index (χ3v) is 2.05. The lowest BCUT2D eigenvalue weighted by Crippen LogP contribution is -1.81. The molecule has 1 aromatic carbocycles. The Morgan fingerprint density at radius 1 is 1.50 bits per heavy atom. The second-order valence-electron chi connectivity index (χ2n) is 2.81. The van der Waals surface area contributed by atoms with Crippen LogP contribution in [0, 0.1) is 23.2 Å². The average Bonchev–Trinajstić information content (AvgIpc) is 2.31. The Hall–Kier alpha value is -2.13. The summed E-state index contributed by atoms with van der Waals surface area (Å²) >= 11 is 5.90. The molecule has 1 aromatic rings. The molecule has 0 heterocycles. The SMILES string of the molecule is N#Cc1ccc(Cl)c(C#CCCN=[N+]=[N-])c1. The van der Waals surface area contributed by atoms with Crippen LogP contribution in [0.2, 0.25) is 5.02 Å². The fraction of sp³-hybridized carbons (Fsp3) is 0.182. The molecule has 0 aliphatic heterocycles. The summed E-state index contributed by atoms with van der Waals surface area (Å²) in [5.74, 6) is 5.65. The smallest absolute Gasteiger partial charge is 0.0992 e. The monoisotopic (exact) mass is 230 g/mol. The zero-order chi connectivity index (χ0) is 11.8. The average molecular weight is 231 g/mol. The van der Waals surface area contributed by atoms with Crippen molar-refractivity contribution in [2.45, 2.75) is 6.42 Å². The minimum Gasteiger partial charge on any atom is -0.192 e. The van der Waals surface area contributed by atoms with Gasteiger partial charge in [-0.3, -0.25) is 0 Å². The number of azide groups is 1. The number of benzene rings is 1. The van der Waals surface area contributed by atoms with Gasteiger partial charge in [-0.15, -0.1) is 0 Å². The van der Waals surface area contributed by atoms with E-state index in [0.717, 1.165) is 0 Å². The van der Waals surface area contributed by atoms with Gasteiger partial charge in [0, 0.05) is 23.4 Å². The predicted molar refractivity (Wildman–Crippen MR) is 61.7 cm³/mol. The van der Waals surface area contributed by atoms with E-state index in [-0.39, 0.29) is 0 Å². The van der Waals surface area contributed by atoms with E-state index in [9.17, 15) is 0 Å². The van der Waals surface area contributed by atoms with Crippen molar-refractivity contribution >= 4 is 11.6 Å². The minimum atomic E-state index is 0.332. The van der Waals surface area contributed by atoms with Crippen LogP contribution < -0.4 is 0 Å². The topological polar surface area (TPSA) is 72.5 Å². The predicted octanol–water partition coefficient (Wildman–Crippen LogP) is 3.26. The fourth-order valence-corrected chi connectivity index (χ4v) is 1.16. The quantitative estimate of drug-likeness (QED) is 0.253. The van der Waals surface area contributed by atoms with Gasteiger partial charge in [-0.2, -0.15) is 5.26 Å². The highest BCUT2D eigenvalue weighted by molar-refractivity contribution is 6.31. The third-order valence-electron chi connectivity index (χ3n) is 1.72. The first kappa shape index (κ1) is 11.9. The van der Waals surface area contributed by atoms with Gasteiger partial charge in [0.2, 0.25) is 0 Å². The van der Waals surface area contributed by atoms with E-state index >= 15 is 0 Å². The van der Waals surface area contributed by atoms with Crippen LogP contribution in [0.3, 0.4) is 0 Å². The van der Waals surface area contributed by atoms with E-state index in [0.29, 0.717) is 29.1 Å². The maximum atomic E-state index is 8.70. The molecule has 4 nitrogen and oxygen atoms in total. The van der Waals surface area contributed by atoms with Gasteiger partial charge in [-0.25, -0.2) is 0 Å². The summed E-state index contributed by atoms with van der Waals surface area (Å²) < 4.78 is 0. The molecule has 0 saturated heterocycles. The number of rotatable bonds is 2. The molecule has 16 heavy (non-hydrogen) atoms. The van der Waals surface area contributed by atoms with E-state index in [1.54, 1.807) is 18.2 Å². The summed E-state index contributed by atoms with van der Waals surface area (Å²) in [5, 5.41) is 12.6. The van der Waals surface area contributed by atoms with E-state index in [4.69, 9.17) is 22.4 Å². The summed E-state index contributed by atoms with van der Waals surface area (Å²) in [6.07, 6.45) is 0.469. The molecule has 0 aliphatic carbocycles. The van der Waals surface area contributed by atoms with Crippen molar-refractivity contribution in [1.29, 1.82) is 5.26 Å². The minimum absolute atomic E-state index is 0.332. The maximum Gasteiger partial charge on any atom is 0.0992 e. The Kier molecular flexibility index (Phi) is 4.76. The molecular formula is C11H7ClN4. The van der Waals surface area contributed by atoms with E-state index in [1.165, 1.54) is 0 Å². The van der Waals surface area contributed by atoms with E-state index in [2.05, 4.69) is 21.9 Å². The molecule has 1 rings (SSSR count). The number of hydrogen-bond donors (Lipinski definition) is 0. The molecular weight excluding hydrogens is 224 g/mol. The molecule has 0 saturated carbocycles. The Bertz CT molecular complexity index is 527. The molecule has 5 heteroatoms. The van der Waals surface area contributed by atoms with Crippen LogP contribution in [0.5, 0.6) is 0 Å². The van der Waals surface area contributed by atoms with Crippen molar-refractivity contribution in [3.8, 4) is 17.9 Å². The van der Waals surface area contributed by atoms with Gasteiger partial charge >= 0.3 is 0 Å². The molecule has 0 fully saturated rings. The van der Waals surface area contributed by atoms with Crippen LogP contribution >= 0.6 is 11.6 Å². The van der Waals surface area contributed by atoms with Crippen molar-refractivity contribution in [3.63, 3.8) is 0 Å². The molecule has 0 radical (unpaired) electrons. The normalized spacial score (nSPS) is 8.25. The summed E-state index contributed by atoms with van der Waals surface area (Å²) in [4.78, 5) is 2.61. The lowest BCUT2D eigenvalue weighted by molar-refractivity contribution is 1.01. The molecule has 0 aliphatic rings. The van der Waals surface area contributed by atoms with Crippen molar-refractivity contribution in [1.82, 2.24) is 0 Å². The Labute approximate surface area is 98.1 Å². The largest absolute Gasteiger partial charge is 0.192 e. The van der Waals surface area contributed by atoms with Crippen LogP contribution in [-0.2, 0) is 0 Å².